The van der Waals surface area contributed by atoms with Crippen LogP contribution in [0.5, 0.6) is 0 Å². The Kier molecular flexibility index (Phi) is 2.74. The van der Waals surface area contributed by atoms with Gasteiger partial charge in [-0.05, 0) is 0 Å². The summed E-state index contributed by atoms with van der Waals surface area (Å²) in [5.41, 5.74) is 3.89. The number of pyridine rings is 1. The molecule has 0 aliphatic carbocycles. The van der Waals surface area contributed by atoms with Crippen LogP contribution in [0.25, 0.3) is 0 Å². The van der Waals surface area contributed by atoms with Gasteiger partial charge in [-0.2, -0.15) is 0 Å². The molecule has 1 aromatic rings. The molecule has 0 aromatic carbocycles. The van der Waals surface area contributed by atoms with Gasteiger partial charge in [-0.1, -0.05) is 25.6 Å². The molecule has 3 heteroatoms. The molecule has 0 atom stereocenters. The van der Waals surface area contributed by atoms with Crippen LogP contribution in [0.15, 0.2) is 23.1 Å². The first-order valence-corrected chi connectivity index (χ1v) is 7.69. The summed E-state index contributed by atoms with van der Waals surface area (Å²) in [5.74, 6) is 2.98. The van der Waals surface area contributed by atoms with Crippen molar-refractivity contribution in [3.8, 4) is 11.5 Å². The number of nitrogens with one attached hydrogen (secondary N) is 1. The highest BCUT2D eigenvalue weighted by Gasteiger charge is 2.07. The van der Waals surface area contributed by atoms with Crippen molar-refractivity contribution in [3.63, 3.8) is 0 Å². The van der Waals surface area contributed by atoms with E-state index < -0.39 is 8.07 Å². The van der Waals surface area contributed by atoms with Crippen LogP contribution in [0.4, 0.5) is 0 Å². The van der Waals surface area contributed by atoms with E-state index in [-0.39, 0.29) is 5.43 Å². The smallest absolute Gasteiger partial charge is 0.182 e. The van der Waals surface area contributed by atoms with Gasteiger partial charge in [-0.3, -0.25) is 4.79 Å². The van der Waals surface area contributed by atoms with Crippen LogP contribution in [0.3, 0.4) is 0 Å². The average Bonchev–Trinajstić information content (AvgIpc) is 2.00. The molecule has 0 aliphatic rings. The van der Waals surface area contributed by atoms with E-state index in [1.165, 1.54) is 12.1 Å². The maximum Gasteiger partial charge on any atom is 0.182 e. The van der Waals surface area contributed by atoms with Crippen LogP contribution in [0, 0.1) is 11.5 Å². The zero-order valence-corrected chi connectivity index (χ0v) is 9.14. The van der Waals surface area contributed by atoms with Gasteiger partial charge in [-0.15, -0.1) is 5.54 Å². The molecule has 0 radical (unpaired) electrons. The van der Waals surface area contributed by atoms with E-state index in [9.17, 15) is 4.79 Å². The van der Waals surface area contributed by atoms with Gasteiger partial charge in [0.25, 0.3) is 0 Å². The minimum atomic E-state index is -1.34. The first kappa shape index (κ1) is 9.81. The maximum absolute atomic E-state index is 10.9. The highest BCUT2D eigenvalue weighted by molar-refractivity contribution is 6.83. The minimum Gasteiger partial charge on any atom is -0.355 e. The van der Waals surface area contributed by atoms with Crippen molar-refractivity contribution in [2.24, 2.45) is 0 Å². The Bertz CT molecular complexity index is 403. The summed E-state index contributed by atoms with van der Waals surface area (Å²) in [6.07, 6.45) is 1.62. The van der Waals surface area contributed by atoms with Gasteiger partial charge in [-0.25, -0.2) is 0 Å². The third-order valence-corrected chi connectivity index (χ3v) is 2.22. The van der Waals surface area contributed by atoms with Gasteiger partial charge >= 0.3 is 0 Å². The molecule has 0 bridgehead atoms. The topological polar surface area (TPSA) is 32.9 Å². The predicted octanol–water partition coefficient (Wildman–Crippen LogP) is 1.60. The molecule has 0 spiro atoms. The molecular formula is C10H13NOSi. The van der Waals surface area contributed by atoms with Crippen LogP contribution in [-0.4, -0.2) is 13.1 Å². The van der Waals surface area contributed by atoms with Crippen molar-refractivity contribution < 1.29 is 0 Å². The Hall–Kier alpha value is -1.27. The van der Waals surface area contributed by atoms with Crippen molar-refractivity contribution in [2.75, 3.05) is 0 Å². The highest BCUT2D eigenvalue weighted by Crippen LogP contribution is 1.97. The second kappa shape index (κ2) is 3.63. The van der Waals surface area contributed by atoms with Crippen molar-refractivity contribution in [3.05, 3.63) is 34.2 Å². The number of H-pyrrole nitrogens is 1. The summed E-state index contributed by atoms with van der Waals surface area (Å²) in [6, 6.07) is 3.01. The molecule has 1 N–H and O–H groups in total. The number of hydrogen-bond donors (Lipinski definition) is 1. The average molecular weight is 191 g/mol. The zero-order chi connectivity index (χ0) is 9.90. The van der Waals surface area contributed by atoms with Crippen LogP contribution in [0.1, 0.15) is 5.69 Å². The van der Waals surface area contributed by atoms with Crippen molar-refractivity contribution in [2.45, 2.75) is 19.6 Å². The Morgan fingerprint density at radius 3 is 2.62 bits per heavy atom. The summed E-state index contributed by atoms with van der Waals surface area (Å²) in [6.45, 7) is 6.50. The molecule has 1 rings (SSSR count). The molecule has 0 saturated heterocycles. The van der Waals surface area contributed by atoms with E-state index in [2.05, 4.69) is 36.1 Å². The van der Waals surface area contributed by atoms with Gasteiger partial charge in [0.15, 0.2) is 5.43 Å². The van der Waals surface area contributed by atoms with Crippen LogP contribution in [-0.2, 0) is 0 Å². The van der Waals surface area contributed by atoms with Crippen molar-refractivity contribution in [1.29, 1.82) is 0 Å². The van der Waals surface area contributed by atoms with Crippen molar-refractivity contribution in [1.82, 2.24) is 4.98 Å². The number of hydrogen-bond acceptors (Lipinski definition) is 1. The molecule has 2 nitrogen and oxygen atoms in total. The summed E-state index contributed by atoms with van der Waals surface area (Å²) >= 11 is 0. The van der Waals surface area contributed by atoms with E-state index in [1.54, 1.807) is 6.20 Å². The molecule has 68 valence electrons. The second-order valence-corrected chi connectivity index (χ2v) is 8.69. The second-order valence-electron chi connectivity index (χ2n) is 3.94. The summed E-state index contributed by atoms with van der Waals surface area (Å²) < 4.78 is 0. The van der Waals surface area contributed by atoms with E-state index in [4.69, 9.17) is 0 Å². The quantitative estimate of drug-likeness (QED) is 0.490. The first-order chi connectivity index (χ1) is 5.97. The van der Waals surface area contributed by atoms with Crippen LogP contribution >= 0.6 is 0 Å². The fourth-order valence-electron chi connectivity index (χ4n) is 0.773. The largest absolute Gasteiger partial charge is 0.355 e. The standard InChI is InChI=1S/C10H13NOSi/c1-13(2,3)7-5-9-8-10(12)4-6-11-9/h4,6,8H,1-3H3,(H,11,12). The lowest BCUT2D eigenvalue weighted by atomic mass is 10.4. The Balaban J connectivity index is 2.97. The monoisotopic (exact) mass is 191 g/mol. The number of aromatic amines is 1. The number of aromatic nitrogens is 1. The lowest BCUT2D eigenvalue weighted by molar-refractivity contribution is 1.27. The fraction of sp³-hybridized carbons (Fsp3) is 0.300. The Morgan fingerprint density at radius 1 is 1.38 bits per heavy atom. The number of rotatable bonds is 0. The molecule has 0 amide bonds. The maximum atomic E-state index is 10.9. The van der Waals surface area contributed by atoms with Gasteiger partial charge in [0.2, 0.25) is 0 Å². The van der Waals surface area contributed by atoms with Gasteiger partial charge < -0.3 is 4.98 Å². The van der Waals surface area contributed by atoms with Crippen LogP contribution in [0.2, 0.25) is 19.6 Å². The third kappa shape index (κ3) is 3.77. The van der Waals surface area contributed by atoms with E-state index in [1.807, 2.05) is 0 Å². The summed E-state index contributed by atoms with van der Waals surface area (Å²) in [5, 5.41) is 0. The lowest BCUT2D eigenvalue weighted by Gasteiger charge is -2.02. The van der Waals surface area contributed by atoms with Gasteiger partial charge in [0.05, 0.1) is 5.69 Å². The highest BCUT2D eigenvalue weighted by atomic mass is 28.3. The van der Waals surface area contributed by atoms with E-state index >= 15 is 0 Å². The van der Waals surface area contributed by atoms with Gasteiger partial charge in [0, 0.05) is 18.3 Å². The molecule has 0 unspecified atom stereocenters. The third-order valence-electron chi connectivity index (χ3n) is 1.35. The minimum absolute atomic E-state index is 0.00127. The Morgan fingerprint density at radius 2 is 2.08 bits per heavy atom. The van der Waals surface area contributed by atoms with Crippen molar-refractivity contribution >= 4 is 8.07 Å². The van der Waals surface area contributed by atoms with Gasteiger partial charge in [0.1, 0.15) is 8.07 Å². The molecule has 1 heterocycles. The normalized spacial score (nSPS) is 10.4. The molecule has 13 heavy (non-hydrogen) atoms. The molecular weight excluding hydrogens is 178 g/mol. The molecule has 0 fully saturated rings. The zero-order valence-electron chi connectivity index (χ0n) is 8.14. The molecule has 0 saturated carbocycles. The predicted molar refractivity (Wildman–Crippen MR) is 57.3 cm³/mol. The summed E-state index contributed by atoms with van der Waals surface area (Å²) in [4.78, 5) is 13.9. The molecule has 1 aromatic heterocycles. The molecule has 0 aliphatic heterocycles. The SMILES string of the molecule is C[Si](C)(C)C#Cc1cc(=O)cc[nH]1. The fourth-order valence-corrected chi connectivity index (χ4v) is 1.28. The van der Waals surface area contributed by atoms with Crippen LogP contribution < -0.4 is 5.43 Å². The lowest BCUT2D eigenvalue weighted by Crippen LogP contribution is -2.16. The Labute approximate surface area is 79.0 Å². The van der Waals surface area contributed by atoms with E-state index in [0.29, 0.717) is 5.69 Å². The summed E-state index contributed by atoms with van der Waals surface area (Å²) in [7, 11) is -1.34. The first-order valence-electron chi connectivity index (χ1n) is 4.19. The van der Waals surface area contributed by atoms with E-state index in [0.717, 1.165) is 0 Å².